The van der Waals surface area contributed by atoms with Gasteiger partial charge in [0.25, 0.3) is 11.7 Å². The van der Waals surface area contributed by atoms with Crippen LogP contribution in [0.5, 0.6) is 0 Å². The van der Waals surface area contributed by atoms with Crippen LogP contribution in [0.3, 0.4) is 0 Å². The SMILES string of the molecule is Nc1cnn(Cc2nc(C(=O)NC3CC3)no2)c1. The summed E-state index contributed by atoms with van der Waals surface area (Å²) in [7, 11) is 0. The van der Waals surface area contributed by atoms with Crippen LogP contribution in [0.25, 0.3) is 0 Å². The van der Waals surface area contributed by atoms with Crippen LogP contribution in [0.4, 0.5) is 5.69 Å². The minimum absolute atomic E-state index is 0.0528. The van der Waals surface area contributed by atoms with Gasteiger partial charge in [0.05, 0.1) is 11.9 Å². The number of hydrogen-bond donors (Lipinski definition) is 2. The van der Waals surface area contributed by atoms with Crippen molar-refractivity contribution in [2.24, 2.45) is 0 Å². The largest absolute Gasteiger partial charge is 0.396 e. The van der Waals surface area contributed by atoms with Crippen molar-refractivity contribution in [3.8, 4) is 0 Å². The molecule has 3 rings (SSSR count). The number of nitrogens with two attached hydrogens (primary N) is 1. The van der Waals surface area contributed by atoms with E-state index in [4.69, 9.17) is 10.3 Å². The fourth-order valence-electron chi connectivity index (χ4n) is 1.49. The third kappa shape index (κ3) is 2.31. The molecule has 1 aliphatic carbocycles. The second kappa shape index (κ2) is 4.13. The smallest absolute Gasteiger partial charge is 0.292 e. The molecule has 1 fully saturated rings. The number of rotatable bonds is 4. The first kappa shape index (κ1) is 10.8. The monoisotopic (exact) mass is 248 g/mol. The highest BCUT2D eigenvalue weighted by molar-refractivity contribution is 5.90. The molecule has 1 saturated carbocycles. The number of aromatic nitrogens is 4. The minimum Gasteiger partial charge on any atom is -0.396 e. The zero-order valence-corrected chi connectivity index (χ0v) is 9.54. The van der Waals surface area contributed by atoms with Crippen molar-refractivity contribution in [3.05, 3.63) is 24.1 Å². The molecule has 1 aliphatic rings. The molecular weight excluding hydrogens is 236 g/mol. The summed E-state index contributed by atoms with van der Waals surface area (Å²) in [6.07, 6.45) is 5.21. The van der Waals surface area contributed by atoms with Gasteiger partial charge >= 0.3 is 0 Å². The van der Waals surface area contributed by atoms with Crippen LogP contribution in [-0.4, -0.2) is 31.9 Å². The number of nitrogens with zero attached hydrogens (tertiary/aromatic N) is 4. The van der Waals surface area contributed by atoms with E-state index in [9.17, 15) is 4.79 Å². The van der Waals surface area contributed by atoms with Gasteiger partial charge in [-0.1, -0.05) is 5.16 Å². The van der Waals surface area contributed by atoms with Gasteiger partial charge in [-0.05, 0) is 12.8 Å². The Bertz CT molecular complexity index is 570. The second-order valence-electron chi connectivity index (χ2n) is 4.23. The Hall–Kier alpha value is -2.38. The van der Waals surface area contributed by atoms with Crippen molar-refractivity contribution in [3.63, 3.8) is 0 Å². The molecule has 8 nitrogen and oxygen atoms in total. The highest BCUT2D eigenvalue weighted by Crippen LogP contribution is 2.18. The Morgan fingerprint density at radius 2 is 2.44 bits per heavy atom. The van der Waals surface area contributed by atoms with Crippen LogP contribution in [0, 0.1) is 0 Å². The molecule has 18 heavy (non-hydrogen) atoms. The molecule has 2 aromatic rings. The Kier molecular flexibility index (Phi) is 2.47. The molecule has 0 spiro atoms. The lowest BCUT2D eigenvalue weighted by Crippen LogP contribution is -2.26. The van der Waals surface area contributed by atoms with E-state index in [1.165, 1.54) is 6.20 Å². The quantitative estimate of drug-likeness (QED) is 0.774. The van der Waals surface area contributed by atoms with Crippen LogP contribution in [-0.2, 0) is 6.54 Å². The summed E-state index contributed by atoms with van der Waals surface area (Å²) in [6.45, 7) is 0.293. The number of carbonyl (C=O) groups is 1. The molecule has 0 aromatic carbocycles. The highest BCUT2D eigenvalue weighted by Gasteiger charge is 2.26. The Labute approximate surface area is 102 Å². The van der Waals surface area contributed by atoms with Gasteiger partial charge in [-0.15, -0.1) is 0 Å². The molecule has 0 aliphatic heterocycles. The topological polar surface area (TPSA) is 112 Å². The Morgan fingerprint density at radius 3 is 3.11 bits per heavy atom. The molecule has 1 amide bonds. The van der Waals surface area contributed by atoms with E-state index in [-0.39, 0.29) is 17.8 Å². The first-order valence-electron chi connectivity index (χ1n) is 5.62. The van der Waals surface area contributed by atoms with Crippen LogP contribution in [0.15, 0.2) is 16.9 Å². The number of hydrogen-bond acceptors (Lipinski definition) is 6. The molecule has 0 bridgehead atoms. The van der Waals surface area contributed by atoms with Crippen LogP contribution < -0.4 is 11.1 Å². The summed E-state index contributed by atoms with van der Waals surface area (Å²) < 4.78 is 6.54. The molecule has 2 aromatic heterocycles. The van der Waals surface area contributed by atoms with E-state index in [0.29, 0.717) is 18.1 Å². The molecule has 0 atom stereocenters. The Balaban J connectivity index is 1.66. The maximum Gasteiger partial charge on any atom is 0.292 e. The molecule has 0 unspecified atom stereocenters. The van der Waals surface area contributed by atoms with Gasteiger partial charge < -0.3 is 15.6 Å². The molecule has 94 valence electrons. The zero-order valence-electron chi connectivity index (χ0n) is 9.54. The average molecular weight is 248 g/mol. The van der Waals surface area contributed by atoms with Gasteiger partial charge in [0, 0.05) is 12.2 Å². The molecule has 2 heterocycles. The number of nitrogens with one attached hydrogen (secondary N) is 1. The van der Waals surface area contributed by atoms with Crippen molar-refractivity contribution >= 4 is 11.6 Å². The number of carbonyl (C=O) groups excluding carboxylic acids is 1. The van der Waals surface area contributed by atoms with Gasteiger partial charge in [-0.25, -0.2) is 0 Å². The number of amides is 1. The van der Waals surface area contributed by atoms with E-state index < -0.39 is 0 Å². The third-order valence-electron chi connectivity index (χ3n) is 2.53. The maximum absolute atomic E-state index is 11.6. The van der Waals surface area contributed by atoms with Gasteiger partial charge in [0.1, 0.15) is 6.54 Å². The van der Waals surface area contributed by atoms with E-state index >= 15 is 0 Å². The molecule has 0 radical (unpaired) electrons. The second-order valence-corrected chi connectivity index (χ2v) is 4.23. The zero-order chi connectivity index (χ0) is 12.5. The summed E-state index contributed by atoms with van der Waals surface area (Å²) in [5.74, 6) is 0.0727. The van der Waals surface area contributed by atoms with Gasteiger partial charge in [0.15, 0.2) is 0 Å². The van der Waals surface area contributed by atoms with Crippen LogP contribution >= 0.6 is 0 Å². The Morgan fingerprint density at radius 1 is 1.61 bits per heavy atom. The lowest BCUT2D eigenvalue weighted by molar-refractivity contribution is 0.0937. The van der Waals surface area contributed by atoms with E-state index in [1.54, 1.807) is 10.9 Å². The first-order valence-corrected chi connectivity index (χ1v) is 5.62. The molecule has 8 heteroatoms. The minimum atomic E-state index is -0.299. The number of nitrogen functional groups attached to an aromatic ring is 1. The third-order valence-corrected chi connectivity index (χ3v) is 2.53. The van der Waals surface area contributed by atoms with Gasteiger partial charge in [-0.3, -0.25) is 9.48 Å². The fourth-order valence-corrected chi connectivity index (χ4v) is 1.49. The molecular formula is C10H12N6O2. The van der Waals surface area contributed by atoms with Crippen LogP contribution in [0.2, 0.25) is 0 Å². The molecule has 3 N–H and O–H groups in total. The van der Waals surface area contributed by atoms with Crippen molar-refractivity contribution < 1.29 is 9.32 Å². The fraction of sp³-hybridized carbons (Fsp3) is 0.400. The van der Waals surface area contributed by atoms with Crippen molar-refractivity contribution in [2.45, 2.75) is 25.4 Å². The van der Waals surface area contributed by atoms with E-state index in [1.807, 2.05) is 0 Å². The lowest BCUT2D eigenvalue weighted by Gasteiger charge is -1.96. The van der Waals surface area contributed by atoms with Crippen molar-refractivity contribution in [1.29, 1.82) is 0 Å². The van der Waals surface area contributed by atoms with E-state index in [2.05, 4.69) is 20.6 Å². The number of anilines is 1. The lowest BCUT2D eigenvalue weighted by atomic mass is 10.5. The first-order chi connectivity index (χ1) is 8.70. The standard InChI is InChI=1S/C10H12N6O2/c11-6-3-12-16(4-6)5-8-14-9(15-18-8)10(17)13-7-1-2-7/h3-4,7H,1-2,5,11H2,(H,13,17). The normalized spacial score (nSPS) is 14.7. The summed E-state index contributed by atoms with van der Waals surface area (Å²) >= 11 is 0. The summed E-state index contributed by atoms with van der Waals surface area (Å²) in [6, 6.07) is 0.269. The highest BCUT2D eigenvalue weighted by atomic mass is 16.5. The predicted molar refractivity (Wildman–Crippen MR) is 60.5 cm³/mol. The van der Waals surface area contributed by atoms with Crippen LogP contribution in [0.1, 0.15) is 29.4 Å². The van der Waals surface area contributed by atoms with Gasteiger partial charge in [-0.2, -0.15) is 10.1 Å². The van der Waals surface area contributed by atoms with Crippen molar-refractivity contribution in [1.82, 2.24) is 25.2 Å². The summed E-state index contributed by atoms with van der Waals surface area (Å²) in [5, 5.41) is 10.4. The predicted octanol–water partition coefficient (Wildman–Crippen LogP) is -0.211. The average Bonchev–Trinajstić information content (AvgIpc) is 2.87. The van der Waals surface area contributed by atoms with Crippen molar-refractivity contribution in [2.75, 3.05) is 5.73 Å². The maximum atomic E-state index is 11.6. The molecule has 0 saturated heterocycles. The summed E-state index contributed by atoms with van der Waals surface area (Å²) in [4.78, 5) is 15.6. The van der Waals surface area contributed by atoms with Gasteiger partial charge in [0.2, 0.25) is 5.89 Å². The van der Waals surface area contributed by atoms with E-state index in [0.717, 1.165) is 12.8 Å². The summed E-state index contributed by atoms with van der Waals surface area (Å²) in [5.41, 5.74) is 6.09.